The van der Waals surface area contributed by atoms with Gasteiger partial charge in [-0.15, -0.1) is 0 Å². The van der Waals surface area contributed by atoms with Gasteiger partial charge < -0.3 is 14.4 Å². The van der Waals surface area contributed by atoms with Crippen molar-refractivity contribution in [3.8, 4) is 156 Å². The Balaban J connectivity index is 0.000000109. The second kappa shape index (κ2) is 31.8. The maximum Gasteiger partial charge on any atom is 0.329 e. The van der Waals surface area contributed by atoms with Crippen molar-refractivity contribution < 1.29 is 0 Å². The molecular formula is C120H83B3N6. The number of anilines is 6. The minimum Gasteiger partial charge on any atom is -0.376 e. The lowest BCUT2D eigenvalue weighted by Gasteiger charge is -2.43. The van der Waals surface area contributed by atoms with Gasteiger partial charge in [0.25, 0.3) is 0 Å². The number of hydrogen-bond acceptors (Lipinski definition) is 6. The van der Waals surface area contributed by atoms with E-state index in [2.05, 4.69) is 462 Å². The minimum absolute atomic E-state index is 0.0268. The first-order chi connectivity index (χ1) is 63.7. The molecule has 0 atom stereocenters. The molecular weight excluding hydrogens is 1560 g/mol. The molecule has 602 valence electrons. The summed E-state index contributed by atoms with van der Waals surface area (Å²) in [7, 11) is 0. The van der Waals surface area contributed by atoms with Crippen molar-refractivity contribution in [2.75, 3.05) is 14.4 Å². The van der Waals surface area contributed by atoms with Gasteiger partial charge in [-0.05, 0) is 249 Å². The van der Waals surface area contributed by atoms with Gasteiger partial charge in [-0.3, -0.25) is 15.0 Å². The van der Waals surface area contributed by atoms with Crippen LogP contribution < -0.4 is 47.2 Å². The molecule has 26 rings (SSSR count). The van der Waals surface area contributed by atoms with Gasteiger partial charge in [-0.25, -0.2) is 0 Å². The van der Waals surface area contributed by atoms with E-state index in [4.69, 9.17) is 0 Å². The molecule has 0 radical (unpaired) electrons. The summed E-state index contributed by atoms with van der Waals surface area (Å²) in [5.41, 5.74) is 53.9. The van der Waals surface area contributed by atoms with E-state index < -0.39 is 0 Å². The van der Waals surface area contributed by atoms with Crippen LogP contribution in [0.4, 0.5) is 34.1 Å². The van der Waals surface area contributed by atoms with Gasteiger partial charge in [0.1, 0.15) is 0 Å². The third kappa shape index (κ3) is 13.3. The minimum atomic E-state index is 0.0268. The quantitative estimate of drug-likeness (QED) is 0.141. The maximum atomic E-state index is 4.42. The highest BCUT2D eigenvalue weighted by molar-refractivity contribution is 6.94. The number of aromatic nitrogens is 3. The largest absolute Gasteiger partial charge is 0.376 e. The Bertz CT molecular complexity index is 7830. The second-order valence-electron chi connectivity index (χ2n) is 34.6. The Hall–Kier alpha value is -16.2. The van der Waals surface area contributed by atoms with Crippen molar-refractivity contribution in [1.29, 1.82) is 0 Å². The highest BCUT2D eigenvalue weighted by atomic mass is 15.1. The third-order valence-electron chi connectivity index (χ3n) is 27.1. The van der Waals surface area contributed by atoms with E-state index in [0.717, 1.165) is 16.8 Å². The summed E-state index contributed by atoms with van der Waals surface area (Å²) in [6.07, 6.45) is 9.53. The van der Waals surface area contributed by atoms with Crippen LogP contribution in [0.2, 0.25) is 0 Å². The molecule has 17 aromatic carbocycles. The average molecular weight is 1640 g/mol. The lowest BCUT2D eigenvalue weighted by Crippen LogP contribution is -2.59. The molecule has 20 aromatic rings. The van der Waals surface area contributed by atoms with Crippen molar-refractivity contribution >= 4 is 87.4 Å². The van der Waals surface area contributed by atoms with E-state index in [1.165, 1.54) is 223 Å². The fourth-order valence-corrected chi connectivity index (χ4v) is 21.1. The molecule has 0 fully saturated rings. The molecule has 6 nitrogen and oxygen atoms in total. The normalized spacial score (nSPS) is 12.5. The fraction of sp³-hybridized carbons (Fsp3) is 0.0250. The zero-order valence-electron chi connectivity index (χ0n) is 71.6. The van der Waals surface area contributed by atoms with Crippen LogP contribution in [-0.2, 0) is 0 Å². The monoisotopic (exact) mass is 1640 g/mol. The van der Waals surface area contributed by atoms with Gasteiger partial charge in [0.05, 0.1) is 0 Å². The number of pyridine rings is 3. The second-order valence-corrected chi connectivity index (χ2v) is 34.6. The van der Waals surface area contributed by atoms with Gasteiger partial charge in [-0.2, -0.15) is 0 Å². The molecule has 0 spiro atoms. The van der Waals surface area contributed by atoms with E-state index in [9.17, 15) is 0 Å². The number of benzene rings is 17. The number of aryl methyl sites for hydroxylation is 3. The van der Waals surface area contributed by atoms with Crippen molar-refractivity contribution in [3.05, 3.63) is 466 Å². The summed E-state index contributed by atoms with van der Waals surface area (Å²) in [6, 6.07) is 154. The number of hydrogen-bond donors (Lipinski definition) is 0. The van der Waals surface area contributed by atoms with Crippen molar-refractivity contribution in [2.24, 2.45) is 0 Å². The van der Waals surface area contributed by atoms with Gasteiger partial charge in [0, 0.05) is 115 Å². The zero-order valence-corrected chi connectivity index (χ0v) is 71.6. The predicted octanol–water partition coefficient (Wildman–Crippen LogP) is 26.2. The summed E-state index contributed by atoms with van der Waals surface area (Å²) >= 11 is 0. The molecule has 0 saturated carbocycles. The first kappa shape index (κ1) is 76.4. The Labute approximate surface area is 754 Å². The molecule has 9 heteroatoms. The van der Waals surface area contributed by atoms with Gasteiger partial charge in [-0.1, -0.05) is 346 Å². The van der Waals surface area contributed by atoms with E-state index in [1.54, 1.807) is 0 Å². The molecule has 6 aliphatic heterocycles. The van der Waals surface area contributed by atoms with Crippen LogP contribution in [0.5, 0.6) is 0 Å². The highest BCUT2D eigenvalue weighted by Gasteiger charge is 2.46. The van der Waals surface area contributed by atoms with Crippen LogP contribution in [-0.4, -0.2) is 35.5 Å². The molecule has 0 unspecified atom stereocenters. The van der Waals surface area contributed by atoms with Crippen LogP contribution in [0.1, 0.15) is 16.8 Å². The molecule has 0 N–H and O–H groups in total. The Kier molecular flexibility index (Phi) is 18.8. The topological polar surface area (TPSA) is 48.4 Å². The standard InChI is InChI=1S/C48H33BN2.2C36H25BN2/c1-32-26-40(31-50-30-32)36-18-16-35(17-19-36)39-20-23-42-44-28-38(34-12-6-3-7-13-34)22-25-48(44)51-47-24-21-37(33-10-4-2-5-11-33)27-43(47)41-14-8-9-15-45(41)49(51)46(42)29-39;1-24-22-28(20-21-38-24)26-16-14-25(15-17-26)27-18-19-30-32-10-4-7-13-36(32)39-35-12-6-3-9-31(35)29-8-2-5-11-33(29)37(39)34(30)23-27;1-24-20-21-38-23-32(24)26-16-14-25(15-17-26)27-18-19-29-31-10-4-7-13-36(31)39-35-12-6-3-9-30(35)28-8-2-5-11-33(28)37(39)34(29)22-27/h2-31H,1H3;2*2-23H,1H3. The number of fused-ring (bicyclic) bond motifs is 33. The third-order valence-corrected chi connectivity index (χ3v) is 27.1. The van der Waals surface area contributed by atoms with E-state index >= 15 is 0 Å². The van der Waals surface area contributed by atoms with E-state index in [0.29, 0.717) is 0 Å². The number of nitrogens with zero attached hydrogens (tertiary/aromatic N) is 6. The van der Waals surface area contributed by atoms with Crippen LogP contribution >= 0.6 is 0 Å². The molecule has 0 aliphatic carbocycles. The lowest BCUT2D eigenvalue weighted by atomic mass is 9.43. The van der Waals surface area contributed by atoms with Crippen LogP contribution in [0.3, 0.4) is 0 Å². The zero-order chi connectivity index (χ0) is 85.7. The maximum absolute atomic E-state index is 4.42. The van der Waals surface area contributed by atoms with Crippen molar-refractivity contribution in [1.82, 2.24) is 15.0 Å². The Morgan fingerprint density at radius 3 is 0.876 bits per heavy atom. The van der Waals surface area contributed by atoms with Gasteiger partial charge in [0.2, 0.25) is 0 Å². The van der Waals surface area contributed by atoms with E-state index in [1.807, 2.05) is 37.9 Å². The summed E-state index contributed by atoms with van der Waals surface area (Å²) in [5.74, 6) is 0. The van der Waals surface area contributed by atoms with E-state index in [-0.39, 0.29) is 20.5 Å². The summed E-state index contributed by atoms with van der Waals surface area (Å²) in [4.78, 5) is 20.8. The molecule has 3 aromatic heterocycles. The van der Waals surface area contributed by atoms with Crippen molar-refractivity contribution in [2.45, 2.75) is 20.8 Å². The number of rotatable bonds is 8. The fourth-order valence-electron chi connectivity index (χ4n) is 21.1. The summed E-state index contributed by atoms with van der Waals surface area (Å²) in [6.45, 7) is 6.51. The molecule has 0 saturated heterocycles. The highest BCUT2D eigenvalue weighted by Crippen LogP contribution is 2.52. The molecule has 0 amide bonds. The SMILES string of the molecule is Cc1cc(-c2ccc(-c3ccc4c(c3)B3c5ccccc5-c5ccccc5N3c3ccccc3-4)cc2)ccn1.Cc1ccncc1-c1ccc(-c2ccc3c(c2)B2c4ccccc4-c4ccccc4N2c2ccccc2-3)cc1.Cc1cncc(-c2ccc(-c3ccc4c(c3)B3c5ccccc5-c5cc(-c6ccccc6)ccc5N3c3ccc(-c5ccccc5)cc3-4)cc2)c1. The Morgan fingerprint density at radius 1 is 0.178 bits per heavy atom. The predicted molar refractivity (Wildman–Crippen MR) is 544 cm³/mol. The molecule has 9 heterocycles. The van der Waals surface area contributed by atoms with Gasteiger partial charge in [0.15, 0.2) is 0 Å². The number of para-hydroxylation sites is 4. The first-order valence-electron chi connectivity index (χ1n) is 44.6. The van der Waals surface area contributed by atoms with Crippen LogP contribution in [0, 0.1) is 20.8 Å². The molecule has 129 heavy (non-hydrogen) atoms. The van der Waals surface area contributed by atoms with Crippen LogP contribution in [0.25, 0.3) is 156 Å². The average Bonchev–Trinajstić information content (AvgIpc) is 0.713. The Morgan fingerprint density at radius 2 is 0.481 bits per heavy atom. The molecule has 6 aliphatic rings. The lowest BCUT2D eigenvalue weighted by molar-refractivity contribution is 1.20. The molecule has 0 bridgehead atoms. The first-order valence-corrected chi connectivity index (χ1v) is 44.6. The summed E-state index contributed by atoms with van der Waals surface area (Å²) < 4.78 is 0. The smallest absolute Gasteiger partial charge is 0.329 e. The van der Waals surface area contributed by atoms with Crippen molar-refractivity contribution in [3.63, 3.8) is 0 Å². The summed E-state index contributed by atoms with van der Waals surface area (Å²) in [5, 5.41) is 0. The van der Waals surface area contributed by atoms with Gasteiger partial charge >= 0.3 is 20.5 Å². The van der Waals surface area contributed by atoms with Crippen LogP contribution in [0.15, 0.2) is 450 Å².